The minimum atomic E-state index is 0.0584. The monoisotopic (exact) mass is 325 g/mol. The first-order chi connectivity index (χ1) is 8.99. The van der Waals surface area contributed by atoms with Crippen molar-refractivity contribution in [3.8, 4) is 0 Å². The quantitative estimate of drug-likeness (QED) is 0.782. The number of carbonyl (C=O) groups excluding carboxylic acids is 1. The topological polar surface area (TPSA) is 29.1 Å². The lowest BCUT2D eigenvalue weighted by Crippen LogP contribution is -2.30. The summed E-state index contributed by atoms with van der Waals surface area (Å²) in [6.07, 6.45) is 2.19. The van der Waals surface area contributed by atoms with Gasteiger partial charge in [-0.2, -0.15) is 0 Å². The number of halogens is 1. The minimum absolute atomic E-state index is 0.0584. The van der Waals surface area contributed by atoms with Crippen LogP contribution in [-0.2, 0) is 0 Å². The highest BCUT2D eigenvalue weighted by atomic mass is 79.9. The summed E-state index contributed by atoms with van der Waals surface area (Å²) in [5.41, 5.74) is 4.16. The van der Waals surface area contributed by atoms with Crippen LogP contribution in [0.4, 0.5) is 0 Å². The van der Waals surface area contributed by atoms with Crippen LogP contribution >= 0.6 is 15.9 Å². The van der Waals surface area contributed by atoms with Crippen molar-refractivity contribution in [3.63, 3.8) is 0 Å². The highest BCUT2D eigenvalue weighted by Gasteiger charge is 2.14. The Labute approximate surface area is 125 Å². The van der Waals surface area contributed by atoms with Gasteiger partial charge in [0.05, 0.1) is 0 Å². The second-order valence-electron chi connectivity index (χ2n) is 5.24. The van der Waals surface area contributed by atoms with E-state index >= 15 is 0 Å². The number of hydrogen-bond acceptors (Lipinski definition) is 1. The Morgan fingerprint density at radius 2 is 1.84 bits per heavy atom. The van der Waals surface area contributed by atoms with Gasteiger partial charge < -0.3 is 5.32 Å². The zero-order chi connectivity index (χ0) is 14.4. The van der Waals surface area contributed by atoms with E-state index in [1.807, 2.05) is 13.8 Å². The molecule has 1 unspecified atom stereocenters. The van der Waals surface area contributed by atoms with Crippen LogP contribution in [0.1, 0.15) is 46.8 Å². The first-order valence-electron chi connectivity index (χ1n) is 6.91. The molecule has 3 heteroatoms. The molecule has 1 amide bonds. The molecule has 0 aliphatic rings. The lowest BCUT2D eigenvalue weighted by molar-refractivity contribution is 0.0945. The maximum absolute atomic E-state index is 12.3. The molecule has 106 valence electrons. The number of alkyl halides is 1. The van der Waals surface area contributed by atoms with Gasteiger partial charge in [-0.15, -0.1) is 0 Å². The third kappa shape index (κ3) is 4.64. The van der Waals surface area contributed by atoms with E-state index < -0.39 is 0 Å². The molecule has 0 saturated carbocycles. The summed E-state index contributed by atoms with van der Waals surface area (Å²) in [5.74, 6) is 0.609. The molecule has 0 aliphatic heterocycles. The molecule has 2 nitrogen and oxygen atoms in total. The fourth-order valence-corrected chi connectivity index (χ4v) is 3.12. The van der Waals surface area contributed by atoms with Gasteiger partial charge in [0, 0.05) is 17.4 Å². The van der Waals surface area contributed by atoms with Crippen LogP contribution in [0.15, 0.2) is 12.1 Å². The average molecular weight is 326 g/mol. The number of benzene rings is 1. The van der Waals surface area contributed by atoms with E-state index in [2.05, 4.69) is 47.2 Å². The molecule has 0 saturated heterocycles. The van der Waals surface area contributed by atoms with Crippen molar-refractivity contribution in [1.82, 2.24) is 5.32 Å². The van der Waals surface area contributed by atoms with Crippen LogP contribution in [0.25, 0.3) is 0 Å². The molecule has 0 aromatic heterocycles. The second-order valence-corrected chi connectivity index (χ2v) is 6.03. The molecule has 0 aliphatic carbocycles. The molecule has 0 radical (unpaired) electrons. The first kappa shape index (κ1) is 16.2. The fourth-order valence-electron chi connectivity index (χ4n) is 2.47. The van der Waals surface area contributed by atoms with Crippen molar-refractivity contribution in [1.29, 1.82) is 0 Å². The van der Waals surface area contributed by atoms with E-state index in [9.17, 15) is 4.79 Å². The molecule has 1 aromatic rings. The van der Waals surface area contributed by atoms with Crippen LogP contribution in [0, 0.1) is 26.7 Å². The fraction of sp³-hybridized carbons (Fsp3) is 0.562. The molecule has 1 N–H and O–H groups in total. The van der Waals surface area contributed by atoms with Crippen molar-refractivity contribution in [3.05, 3.63) is 34.4 Å². The predicted octanol–water partition coefficient (Wildman–Crippen LogP) is 4.15. The van der Waals surface area contributed by atoms with E-state index in [1.54, 1.807) is 0 Å². The van der Waals surface area contributed by atoms with E-state index in [1.165, 1.54) is 5.56 Å². The zero-order valence-electron chi connectivity index (χ0n) is 12.3. The van der Waals surface area contributed by atoms with Crippen LogP contribution in [0.2, 0.25) is 0 Å². The van der Waals surface area contributed by atoms with Crippen LogP contribution in [-0.4, -0.2) is 17.8 Å². The normalized spacial score (nSPS) is 12.3. The Hall–Kier alpha value is -0.830. The van der Waals surface area contributed by atoms with Gasteiger partial charge >= 0.3 is 0 Å². The largest absolute Gasteiger partial charge is 0.352 e. The lowest BCUT2D eigenvalue weighted by Gasteiger charge is -2.16. The van der Waals surface area contributed by atoms with Crippen LogP contribution in [0.3, 0.4) is 0 Å². The van der Waals surface area contributed by atoms with Gasteiger partial charge in [-0.1, -0.05) is 47.0 Å². The van der Waals surface area contributed by atoms with Crippen molar-refractivity contribution < 1.29 is 4.79 Å². The van der Waals surface area contributed by atoms with Gasteiger partial charge in [-0.25, -0.2) is 0 Å². The van der Waals surface area contributed by atoms with Crippen molar-refractivity contribution in [2.75, 3.05) is 11.9 Å². The Balaban J connectivity index is 2.73. The molecular weight excluding hydrogens is 302 g/mol. The van der Waals surface area contributed by atoms with Gasteiger partial charge in [-0.3, -0.25) is 4.79 Å². The molecule has 0 spiro atoms. The highest BCUT2D eigenvalue weighted by molar-refractivity contribution is 9.09. The number of nitrogens with one attached hydrogen (secondary N) is 1. The molecule has 1 atom stereocenters. The molecular formula is C16H24BrNO. The number of hydrogen-bond donors (Lipinski definition) is 1. The Kier molecular flexibility index (Phi) is 6.56. The molecule has 0 fully saturated rings. The second kappa shape index (κ2) is 7.68. The number of carbonyl (C=O) groups is 1. The third-order valence-corrected chi connectivity index (χ3v) is 4.01. The maximum Gasteiger partial charge on any atom is 0.251 e. The minimum Gasteiger partial charge on any atom is -0.352 e. The average Bonchev–Trinajstić information content (AvgIpc) is 2.33. The Morgan fingerprint density at radius 3 is 2.32 bits per heavy atom. The Morgan fingerprint density at radius 1 is 1.26 bits per heavy atom. The van der Waals surface area contributed by atoms with Crippen LogP contribution < -0.4 is 5.32 Å². The molecule has 19 heavy (non-hydrogen) atoms. The van der Waals surface area contributed by atoms with Gasteiger partial charge in [0.15, 0.2) is 0 Å². The standard InChI is InChI=1S/C16H24BrNO/c1-5-14(6-7-17)10-18-16(19)15-12(3)8-11(2)9-13(15)4/h8-9,14H,5-7,10H2,1-4H3,(H,18,19). The van der Waals surface area contributed by atoms with E-state index in [0.717, 1.165) is 41.4 Å². The number of aryl methyl sites for hydroxylation is 3. The highest BCUT2D eigenvalue weighted by Crippen LogP contribution is 2.16. The summed E-state index contributed by atoms with van der Waals surface area (Å²) in [5, 5.41) is 4.07. The predicted molar refractivity (Wildman–Crippen MR) is 85.2 cm³/mol. The summed E-state index contributed by atoms with van der Waals surface area (Å²) < 4.78 is 0. The molecule has 0 heterocycles. The third-order valence-electron chi connectivity index (χ3n) is 3.55. The molecule has 1 aromatic carbocycles. The van der Waals surface area contributed by atoms with Gasteiger partial charge in [0.2, 0.25) is 0 Å². The summed E-state index contributed by atoms with van der Waals surface area (Å²) >= 11 is 3.46. The smallest absolute Gasteiger partial charge is 0.251 e. The van der Waals surface area contributed by atoms with Crippen molar-refractivity contribution in [2.24, 2.45) is 5.92 Å². The number of amides is 1. The van der Waals surface area contributed by atoms with Crippen molar-refractivity contribution in [2.45, 2.75) is 40.5 Å². The van der Waals surface area contributed by atoms with Gasteiger partial charge in [0.25, 0.3) is 5.91 Å². The van der Waals surface area contributed by atoms with Crippen molar-refractivity contribution >= 4 is 21.8 Å². The summed E-state index contributed by atoms with van der Waals surface area (Å²) in [6.45, 7) is 9.00. The van der Waals surface area contributed by atoms with E-state index in [0.29, 0.717) is 5.92 Å². The maximum atomic E-state index is 12.3. The van der Waals surface area contributed by atoms with E-state index in [4.69, 9.17) is 0 Å². The SMILES string of the molecule is CCC(CCBr)CNC(=O)c1c(C)cc(C)cc1C. The lowest BCUT2D eigenvalue weighted by atomic mass is 9.98. The number of rotatable bonds is 6. The summed E-state index contributed by atoms with van der Waals surface area (Å²) in [4.78, 5) is 12.3. The van der Waals surface area contributed by atoms with Gasteiger partial charge in [-0.05, 0) is 44.2 Å². The summed E-state index contributed by atoms with van der Waals surface area (Å²) in [6, 6.07) is 4.13. The van der Waals surface area contributed by atoms with E-state index in [-0.39, 0.29) is 5.91 Å². The van der Waals surface area contributed by atoms with Gasteiger partial charge in [0.1, 0.15) is 0 Å². The summed E-state index contributed by atoms with van der Waals surface area (Å²) in [7, 11) is 0. The zero-order valence-corrected chi connectivity index (χ0v) is 13.9. The van der Waals surface area contributed by atoms with Crippen LogP contribution in [0.5, 0.6) is 0 Å². The molecule has 0 bridgehead atoms. The first-order valence-corrected chi connectivity index (χ1v) is 8.03. The Bertz CT molecular complexity index is 419. The molecule has 1 rings (SSSR count).